The number of hydrogen-bond donors (Lipinski definition) is 1. The fourth-order valence-electron chi connectivity index (χ4n) is 3.53. The van der Waals surface area contributed by atoms with Crippen molar-refractivity contribution in [2.24, 2.45) is 0 Å². The van der Waals surface area contributed by atoms with E-state index < -0.39 is 21.6 Å². The maximum Gasteiger partial charge on any atom is 0.230 e. The number of halogens is 2. The first-order valence-electron chi connectivity index (χ1n) is 10.1. The van der Waals surface area contributed by atoms with E-state index in [4.69, 9.17) is 11.6 Å². The van der Waals surface area contributed by atoms with E-state index >= 15 is 0 Å². The van der Waals surface area contributed by atoms with Crippen molar-refractivity contribution in [2.75, 3.05) is 22.5 Å². The Balaban J connectivity index is 1.43. The number of anilines is 2. The van der Waals surface area contributed by atoms with Crippen molar-refractivity contribution in [3.63, 3.8) is 0 Å². The molecule has 0 saturated heterocycles. The second-order valence-corrected chi connectivity index (χ2v) is 11.2. The van der Waals surface area contributed by atoms with Gasteiger partial charge in [0.2, 0.25) is 5.91 Å². The highest BCUT2D eigenvalue weighted by Gasteiger charge is 2.23. The third-order valence-electron chi connectivity index (χ3n) is 5.29. The van der Waals surface area contributed by atoms with Crippen molar-refractivity contribution in [3.8, 4) is 0 Å². The fraction of sp³-hybridized carbons (Fsp3) is 0.273. The van der Waals surface area contributed by atoms with Gasteiger partial charge < -0.3 is 10.2 Å². The van der Waals surface area contributed by atoms with Crippen LogP contribution in [0.25, 0.3) is 0 Å². The van der Waals surface area contributed by atoms with Crippen molar-refractivity contribution in [3.05, 3.63) is 69.4 Å². The van der Waals surface area contributed by atoms with Crippen LogP contribution < -0.4 is 10.2 Å². The number of nitrogens with zero attached hydrogens (tertiary/aromatic N) is 2. The summed E-state index contributed by atoms with van der Waals surface area (Å²) in [7, 11) is -3.50. The van der Waals surface area contributed by atoms with Gasteiger partial charge in [-0.05, 0) is 29.8 Å². The highest BCUT2D eigenvalue weighted by molar-refractivity contribution is 7.91. The van der Waals surface area contributed by atoms with E-state index in [9.17, 15) is 17.6 Å². The Bertz CT molecular complexity index is 1280. The van der Waals surface area contributed by atoms with Crippen molar-refractivity contribution in [1.82, 2.24) is 4.98 Å². The van der Waals surface area contributed by atoms with Crippen LogP contribution in [-0.4, -0.2) is 31.6 Å². The Morgan fingerprint density at radius 3 is 2.78 bits per heavy atom. The lowest BCUT2D eigenvalue weighted by molar-refractivity contribution is -0.115. The molecule has 1 N–H and O–H groups in total. The van der Waals surface area contributed by atoms with E-state index in [0.29, 0.717) is 16.7 Å². The number of nitrogens with one attached hydrogen (secondary N) is 1. The fourth-order valence-corrected chi connectivity index (χ4v) is 5.72. The second-order valence-electron chi connectivity index (χ2n) is 7.39. The van der Waals surface area contributed by atoms with Gasteiger partial charge in [0.25, 0.3) is 0 Å². The molecule has 2 heterocycles. The summed E-state index contributed by atoms with van der Waals surface area (Å²) in [6.45, 7) is 2.91. The molecule has 0 atom stereocenters. The van der Waals surface area contributed by atoms with Gasteiger partial charge in [-0.25, -0.2) is 17.8 Å². The van der Waals surface area contributed by atoms with Gasteiger partial charge in [0.1, 0.15) is 5.82 Å². The highest BCUT2D eigenvalue weighted by atomic mass is 35.5. The summed E-state index contributed by atoms with van der Waals surface area (Å²) in [5, 5.41) is 3.89. The van der Waals surface area contributed by atoms with Gasteiger partial charge in [0, 0.05) is 17.8 Å². The maximum absolute atomic E-state index is 14.4. The molecule has 6 nitrogen and oxygen atoms in total. The Morgan fingerprint density at radius 2 is 2.06 bits per heavy atom. The normalized spacial score (nSPS) is 13.7. The number of aromatic nitrogens is 1. The molecule has 2 aromatic carbocycles. The number of amides is 1. The molecule has 32 heavy (non-hydrogen) atoms. The van der Waals surface area contributed by atoms with E-state index in [1.165, 1.54) is 30.4 Å². The minimum absolute atomic E-state index is 0.0858. The third kappa shape index (κ3) is 4.79. The molecule has 0 fully saturated rings. The average Bonchev–Trinajstić information content (AvgIpc) is 3.16. The SMILES string of the molecule is CCS(=O)(=O)c1ccc(CC(=O)Nc2nc3c(s2)CN(c2ccccc2Cl)CC3)c(F)c1. The molecular formula is C22H21ClFN3O3S2. The minimum Gasteiger partial charge on any atom is -0.365 e. The quantitative estimate of drug-likeness (QED) is 0.548. The van der Waals surface area contributed by atoms with Gasteiger partial charge in [-0.15, -0.1) is 0 Å². The van der Waals surface area contributed by atoms with Gasteiger partial charge in [0.15, 0.2) is 15.0 Å². The molecule has 1 amide bonds. The summed E-state index contributed by atoms with van der Waals surface area (Å²) in [4.78, 5) is 20.1. The highest BCUT2D eigenvalue weighted by Crippen LogP contribution is 2.33. The number of sulfone groups is 1. The van der Waals surface area contributed by atoms with Crippen molar-refractivity contribution < 1.29 is 17.6 Å². The van der Waals surface area contributed by atoms with E-state index in [1.54, 1.807) is 0 Å². The van der Waals surface area contributed by atoms with Crippen LogP contribution in [-0.2, 0) is 34.0 Å². The molecule has 10 heteroatoms. The molecule has 1 aromatic heterocycles. The number of rotatable bonds is 6. The Hall–Kier alpha value is -2.49. The molecule has 1 aliphatic heterocycles. The first-order valence-corrected chi connectivity index (χ1v) is 12.9. The zero-order valence-corrected chi connectivity index (χ0v) is 19.7. The van der Waals surface area contributed by atoms with Crippen LogP contribution in [0.3, 0.4) is 0 Å². The van der Waals surface area contributed by atoms with E-state index in [0.717, 1.165) is 35.3 Å². The number of thiazole rings is 1. The Morgan fingerprint density at radius 1 is 1.28 bits per heavy atom. The monoisotopic (exact) mass is 493 g/mol. The zero-order chi connectivity index (χ0) is 22.9. The van der Waals surface area contributed by atoms with E-state index in [2.05, 4.69) is 15.2 Å². The predicted octanol–water partition coefficient (Wildman–Crippen LogP) is 4.47. The van der Waals surface area contributed by atoms with E-state index in [1.807, 2.05) is 24.3 Å². The number of hydrogen-bond acceptors (Lipinski definition) is 6. The zero-order valence-electron chi connectivity index (χ0n) is 17.3. The van der Waals surface area contributed by atoms with Crippen LogP contribution in [0.1, 0.15) is 23.1 Å². The van der Waals surface area contributed by atoms with Gasteiger partial charge >= 0.3 is 0 Å². The second kappa shape index (κ2) is 9.17. The topological polar surface area (TPSA) is 79.4 Å². The lowest BCUT2D eigenvalue weighted by atomic mass is 10.1. The van der Waals surface area contributed by atoms with E-state index in [-0.39, 0.29) is 22.6 Å². The van der Waals surface area contributed by atoms with Crippen molar-refractivity contribution in [2.45, 2.75) is 31.2 Å². The van der Waals surface area contributed by atoms with Crippen molar-refractivity contribution >= 4 is 49.5 Å². The summed E-state index contributed by atoms with van der Waals surface area (Å²) in [6, 6.07) is 11.3. The number of benzene rings is 2. The first kappa shape index (κ1) is 22.7. The number of carbonyl (C=O) groups excluding carboxylic acids is 1. The molecule has 0 unspecified atom stereocenters. The number of para-hydroxylation sites is 1. The van der Waals surface area contributed by atoms with Gasteiger partial charge in [-0.1, -0.05) is 48.1 Å². The lowest BCUT2D eigenvalue weighted by Gasteiger charge is -2.28. The molecular weight excluding hydrogens is 473 g/mol. The molecule has 168 valence electrons. The summed E-state index contributed by atoms with van der Waals surface area (Å²) in [5.74, 6) is -1.25. The summed E-state index contributed by atoms with van der Waals surface area (Å²) in [5.41, 5.74) is 2.03. The van der Waals surface area contributed by atoms with Crippen LogP contribution in [0.4, 0.5) is 15.2 Å². The third-order valence-corrected chi connectivity index (χ3v) is 8.34. The van der Waals surface area contributed by atoms with Crippen LogP contribution in [0.2, 0.25) is 5.02 Å². The smallest absolute Gasteiger partial charge is 0.230 e. The van der Waals surface area contributed by atoms with Crippen LogP contribution >= 0.6 is 22.9 Å². The molecule has 4 rings (SSSR count). The molecule has 1 aliphatic rings. The molecule has 3 aromatic rings. The molecule has 0 aliphatic carbocycles. The van der Waals surface area contributed by atoms with Gasteiger partial charge in [0.05, 0.1) is 40.0 Å². The Labute approximate surface area is 195 Å². The lowest BCUT2D eigenvalue weighted by Crippen LogP contribution is -2.29. The molecule has 0 bridgehead atoms. The summed E-state index contributed by atoms with van der Waals surface area (Å²) < 4.78 is 38.2. The largest absolute Gasteiger partial charge is 0.365 e. The maximum atomic E-state index is 14.4. The predicted molar refractivity (Wildman–Crippen MR) is 125 cm³/mol. The minimum atomic E-state index is -3.50. The van der Waals surface area contributed by atoms with Gasteiger partial charge in [-0.2, -0.15) is 0 Å². The first-order chi connectivity index (χ1) is 15.3. The van der Waals surface area contributed by atoms with Crippen molar-refractivity contribution in [1.29, 1.82) is 0 Å². The van der Waals surface area contributed by atoms with Gasteiger partial charge in [-0.3, -0.25) is 4.79 Å². The molecule has 0 radical (unpaired) electrons. The number of carbonyl (C=O) groups is 1. The molecule has 0 saturated carbocycles. The van der Waals surface area contributed by atoms with Crippen LogP contribution in [0.15, 0.2) is 47.4 Å². The average molecular weight is 494 g/mol. The number of fused-ring (bicyclic) bond motifs is 1. The summed E-state index contributed by atoms with van der Waals surface area (Å²) in [6.07, 6.45) is 0.517. The standard InChI is InChI=1S/C22H21ClFN3O3S2/c1-2-32(29,30)15-8-7-14(17(24)12-15)11-21(28)26-22-25-18-9-10-27(13-20(18)31-22)19-6-4-3-5-16(19)23/h3-8,12H,2,9-11,13H2,1H3,(H,25,26,28). The van der Waals surface area contributed by atoms with Crippen LogP contribution in [0, 0.1) is 5.82 Å². The summed E-state index contributed by atoms with van der Waals surface area (Å²) >= 11 is 7.71. The molecule has 0 spiro atoms. The van der Waals surface area contributed by atoms with Crippen LogP contribution in [0.5, 0.6) is 0 Å². The Kier molecular flexibility index (Phi) is 6.50.